The van der Waals surface area contributed by atoms with Gasteiger partial charge in [-0.15, -0.1) is 0 Å². The fraction of sp³-hybridized carbons (Fsp3) is 0.143. The minimum atomic E-state index is -3.51. The van der Waals surface area contributed by atoms with Crippen molar-refractivity contribution in [3.8, 4) is 11.5 Å². The van der Waals surface area contributed by atoms with Gasteiger partial charge >= 0.3 is 0 Å². The molecule has 112 valence electrons. The molecule has 2 aromatic carbocycles. The molecule has 0 unspecified atom stereocenters. The van der Waals surface area contributed by atoms with E-state index < -0.39 is 10.0 Å². The van der Waals surface area contributed by atoms with E-state index in [4.69, 9.17) is 10.5 Å². The zero-order valence-corrected chi connectivity index (χ0v) is 14.0. The van der Waals surface area contributed by atoms with E-state index in [0.29, 0.717) is 11.5 Å². The highest BCUT2D eigenvalue weighted by Crippen LogP contribution is 2.31. The molecular weight excluding hydrogens is 356 g/mol. The molecule has 0 aromatic heterocycles. The van der Waals surface area contributed by atoms with Crippen molar-refractivity contribution in [2.75, 3.05) is 12.8 Å². The molecule has 3 N–H and O–H groups in total. The molecule has 0 radical (unpaired) electrons. The Labute approximate surface area is 132 Å². The van der Waals surface area contributed by atoms with Crippen LogP contribution in [0.15, 0.2) is 45.8 Å². The molecule has 0 amide bonds. The van der Waals surface area contributed by atoms with Crippen LogP contribution in [0.4, 0.5) is 5.69 Å². The number of rotatable bonds is 4. The molecule has 0 heterocycles. The molecule has 5 nitrogen and oxygen atoms in total. The van der Waals surface area contributed by atoms with Gasteiger partial charge in [0.1, 0.15) is 11.5 Å². The van der Waals surface area contributed by atoms with Gasteiger partial charge < -0.3 is 10.5 Å². The predicted octanol–water partition coefficient (Wildman–Crippen LogP) is 3.04. The number of nitrogens with two attached hydrogens (primary N) is 1. The first-order chi connectivity index (χ1) is 9.83. The lowest BCUT2D eigenvalue weighted by atomic mass is 10.2. The Balaban J connectivity index is 2.31. The number of benzene rings is 2. The summed E-state index contributed by atoms with van der Waals surface area (Å²) in [5, 5.41) is 0. The summed E-state index contributed by atoms with van der Waals surface area (Å²) in [5.41, 5.74) is 7.15. The summed E-state index contributed by atoms with van der Waals surface area (Å²) in [6.45, 7) is 1.95. The molecule has 0 aliphatic heterocycles. The van der Waals surface area contributed by atoms with Gasteiger partial charge in [-0.25, -0.2) is 13.1 Å². The number of ether oxygens (including phenoxy) is 1. The summed E-state index contributed by atoms with van der Waals surface area (Å²) < 4.78 is 32.3. The van der Waals surface area contributed by atoms with Crippen molar-refractivity contribution in [1.29, 1.82) is 0 Å². The molecule has 0 saturated heterocycles. The van der Waals surface area contributed by atoms with E-state index in [0.717, 1.165) is 10.0 Å². The predicted molar refractivity (Wildman–Crippen MR) is 86.1 cm³/mol. The van der Waals surface area contributed by atoms with E-state index in [1.54, 1.807) is 6.07 Å². The Morgan fingerprint density at radius 3 is 2.48 bits per heavy atom. The van der Waals surface area contributed by atoms with Crippen LogP contribution in [-0.4, -0.2) is 15.5 Å². The van der Waals surface area contributed by atoms with Gasteiger partial charge in [-0.1, -0.05) is 15.9 Å². The summed E-state index contributed by atoms with van der Waals surface area (Å²) in [7, 11) is -2.17. The van der Waals surface area contributed by atoms with Crippen LogP contribution in [0.25, 0.3) is 0 Å². The largest absolute Gasteiger partial charge is 0.455 e. The number of nitrogen functional groups attached to an aromatic ring is 1. The van der Waals surface area contributed by atoms with Gasteiger partial charge in [-0.2, -0.15) is 0 Å². The van der Waals surface area contributed by atoms with E-state index >= 15 is 0 Å². The second-order valence-electron chi connectivity index (χ2n) is 4.42. The third-order valence-electron chi connectivity index (χ3n) is 2.92. The van der Waals surface area contributed by atoms with Crippen molar-refractivity contribution in [3.05, 3.63) is 46.4 Å². The maximum absolute atomic E-state index is 11.7. The van der Waals surface area contributed by atoms with Crippen molar-refractivity contribution in [3.63, 3.8) is 0 Å². The molecule has 2 aromatic rings. The van der Waals surface area contributed by atoms with Crippen molar-refractivity contribution < 1.29 is 13.2 Å². The Morgan fingerprint density at radius 1 is 1.19 bits per heavy atom. The lowest BCUT2D eigenvalue weighted by molar-refractivity contribution is 0.484. The fourth-order valence-corrected chi connectivity index (χ4v) is 2.72. The van der Waals surface area contributed by atoms with Gasteiger partial charge in [0, 0.05) is 4.47 Å². The average Bonchev–Trinajstić information content (AvgIpc) is 2.45. The van der Waals surface area contributed by atoms with Crippen molar-refractivity contribution in [2.45, 2.75) is 11.8 Å². The third kappa shape index (κ3) is 3.55. The third-order valence-corrected chi connectivity index (χ3v) is 5.22. The first-order valence-electron chi connectivity index (χ1n) is 6.10. The molecule has 0 spiro atoms. The van der Waals surface area contributed by atoms with Crippen molar-refractivity contribution >= 4 is 31.6 Å². The lowest BCUT2D eigenvalue weighted by Crippen LogP contribution is -2.18. The Hall–Kier alpha value is -1.57. The van der Waals surface area contributed by atoms with Crippen LogP contribution >= 0.6 is 15.9 Å². The van der Waals surface area contributed by atoms with Gasteiger partial charge in [0.2, 0.25) is 10.0 Å². The Bertz CT molecular complexity index is 776. The number of hydrogen-bond donors (Lipinski definition) is 2. The van der Waals surface area contributed by atoms with Crippen LogP contribution in [0.3, 0.4) is 0 Å². The van der Waals surface area contributed by atoms with Gasteiger partial charge in [-0.05, 0) is 55.9 Å². The second-order valence-corrected chi connectivity index (χ2v) is 7.16. The van der Waals surface area contributed by atoms with Crippen LogP contribution in [0.1, 0.15) is 5.56 Å². The van der Waals surface area contributed by atoms with Crippen LogP contribution < -0.4 is 15.2 Å². The summed E-state index contributed by atoms with van der Waals surface area (Å²) in [4.78, 5) is 0.0989. The molecule has 0 aliphatic rings. The van der Waals surface area contributed by atoms with E-state index in [9.17, 15) is 8.42 Å². The van der Waals surface area contributed by atoms with Gasteiger partial charge in [0.15, 0.2) is 0 Å². The topological polar surface area (TPSA) is 81.4 Å². The highest BCUT2D eigenvalue weighted by atomic mass is 79.9. The van der Waals surface area contributed by atoms with Crippen molar-refractivity contribution in [1.82, 2.24) is 4.72 Å². The first-order valence-corrected chi connectivity index (χ1v) is 8.38. The summed E-state index contributed by atoms with van der Waals surface area (Å²) >= 11 is 3.41. The standard InChI is InChI=1S/C14H15BrN2O3S/c1-9-7-10(3-5-12(9)15)20-14-6-4-11(8-13(14)16)21(18,19)17-2/h3-8,17H,16H2,1-2H3. The number of aryl methyl sites for hydroxylation is 1. The molecule has 2 rings (SSSR count). The summed E-state index contributed by atoms with van der Waals surface area (Å²) in [5.74, 6) is 1.04. The monoisotopic (exact) mass is 370 g/mol. The van der Waals surface area contributed by atoms with Gasteiger partial charge in [0.05, 0.1) is 10.6 Å². The Kier molecular flexibility index (Phi) is 4.55. The van der Waals surface area contributed by atoms with E-state index in [2.05, 4.69) is 20.7 Å². The molecule has 0 atom stereocenters. The molecule has 0 aliphatic carbocycles. The molecule has 0 fully saturated rings. The Morgan fingerprint density at radius 2 is 1.90 bits per heavy atom. The molecule has 21 heavy (non-hydrogen) atoms. The average molecular weight is 371 g/mol. The zero-order chi connectivity index (χ0) is 15.6. The van der Waals surface area contributed by atoms with E-state index in [1.165, 1.54) is 25.2 Å². The zero-order valence-electron chi connectivity index (χ0n) is 11.6. The second kappa shape index (κ2) is 6.05. The number of sulfonamides is 1. The van der Waals surface area contributed by atoms with Crippen LogP contribution in [-0.2, 0) is 10.0 Å². The minimum absolute atomic E-state index is 0.0989. The smallest absolute Gasteiger partial charge is 0.240 e. The quantitative estimate of drug-likeness (QED) is 0.810. The highest BCUT2D eigenvalue weighted by Gasteiger charge is 2.13. The van der Waals surface area contributed by atoms with Gasteiger partial charge in [0.25, 0.3) is 0 Å². The number of halogens is 1. The SMILES string of the molecule is CNS(=O)(=O)c1ccc(Oc2ccc(Br)c(C)c2)c(N)c1. The summed E-state index contributed by atoms with van der Waals surface area (Å²) in [6.07, 6.45) is 0. The minimum Gasteiger partial charge on any atom is -0.455 e. The van der Waals surface area contributed by atoms with Crippen LogP contribution in [0.5, 0.6) is 11.5 Å². The van der Waals surface area contributed by atoms with E-state index in [1.807, 2.05) is 19.1 Å². The van der Waals surface area contributed by atoms with Crippen LogP contribution in [0, 0.1) is 6.92 Å². The summed E-state index contributed by atoms with van der Waals surface area (Å²) in [6, 6.07) is 9.89. The molecule has 7 heteroatoms. The maximum Gasteiger partial charge on any atom is 0.240 e. The highest BCUT2D eigenvalue weighted by molar-refractivity contribution is 9.10. The van der Waals surface area contributed by atoms with Gasteiger partial charge in [-0.3, -0.25) is 0 Å². The fourth-order valence-electron chi connectivity index (χ4n) is 1.71. The number of nitrogens with one attached hydrogen (secondary N) is 1. The van der Waals surface area contributed by atoms with Crippen molar-refractivity contribution in [2.24, 2.45) is 0 Å². The van der Waals surface area contributed by atoms with E-state index in [-0.39, 0.29) is 10.6 Å². The van der Waals surface area contributed by atoms with Crippen LogP contribution in [0.2, 0.25) is 0 Å². The lowest BCUT2D eigenvalue weighted by Gasteiger charge is -2.11. The molecule has 0 bridgehead atoms. The molecule has 0 saturated carbocycles. The maximum atomic E-state index is 11.7. The first kappa shape index (κ1) is 15.8. The normalized spacial score (nSPS) is 11.4. The number of anilines is 1. The molecular formula is C14H15BrN2O3S. The number of hydrogen-bond acceptors (Lipinski definition) is 4.